The summed E-state index contributed by atoms with van der Waals surface area (Å²) in [4.78, 5) is 24.3. The zero-order chi connectivity index (χ0) is 19.9. The molecule has 1 amide bonds. The van der Waals surface area contributed by atoms with Crippen LogP contribution in [0, 0.1) is 0 Å². The lowest BCUT2D eigenvalue weighted by molar-refractivity contribution is 0.0953. The van der Waals surface area contributed by atoms with E-state index in [4.69, 9.17) is 13.9 Å². The summed E-state index contributed by atoms with van der Waals surface area (Å²) in [6.45, 7) is 5.40. The molecule has 6 nitrogen and oxygen atoms in total. The van der Waals surface area contributed by atoms with Gasteiger partial charge in [0.25, 0.3) is 5.91 Å². The largest absolute Gasteiger partial charge is 0.490 e. The Morgan fingerprint density at radius 2 is 1.71 bits per heavy atom. The van der Waals surface area contributed by atoms with Crippen molar-refractivity contribution >= 4 is 16.7 Å². The van der Waals surface area contributed by atoms with Crippen molar-refractivity contribution in [2.24, 2.45) is 0 Å². The third-order valence-corrected chi connectivity index (χ3v) is 4.27. The first-order valence-electron chi connectivity index (χ1n) is 9.31. The van der Waals surface area contributed by atoms with Crippen LogP contribution < -0.4 is 20.4 Å². The molecule has 0 unspecified atom stereocenters. The first kappa shape index (κ1) is 19.5. The molecule has 0 spiro atoms. The smallest absolute Gasteiger partial charge is 0.343 e. The van der Waals surface area contributed by atoms with Crippen LogP contribution >= 0.6 is 0 Å². The molecular formula is C22H23NO5. The van der Waals surface area contributed by atoms with Gasteiger partial charge in [0.1, 0.15) is 6.26 Å². The van der Waals surface area contributed by atoms with Crippen LogP contribution in [0.5, 0.6) is 11.5 Å². The highest BCUT2D eigenvalue weighted by Gasteiger charge is 2.13. The Labute approximate surface area is 163 Å². The molecular weight excluding hydrogens is 358 g/mol. The van der Waals surface area contributed by atoms with E-state index in [0.717, 1.165) is 5.56 Å². The highest BCUT2D eigenvalue weighted by Crippen LogP contribution is 2.28. The van der Waals surface area contributed by atoms with Gasteiger partial charge in [-0.25, -0.2) is 4.79 Å². The van der Waals surface area contributed by atoms with E-state index in [0.29, 0.717) is 54.0 Å². The Balaban J connectivity index is 1.68. The zero-order valence-corrected chi connectivity index (χ0v) is 16.0. The summed E-state index contributed by atoms with van der Waals surface area (Å²) in [5, 5.41) is 3.85. The van der Waals surface area contributed by atoms with Crippen LogP contribution in [0.2, 0.25) is 0 Å². The van der Waals surface area contributed by atoms with Crippen LogP contribution in [0.25, 0.3) is 10.8 Å². The van der Waals surface area contributed by atoms with Crippen molar-refractivity contribution in [2.75, 3.05) is 19.8 Å². The molecule has 1 heterocycles. The van der Waals surface area contributed by atoms with Crippen LogP contribution in [0.4, 0.5) is 0 Å². The molecule has 2 aromatic carbocycles. The fraction of sp³-hybridized carbons (Fsp3) is 0.273. The Morgan fingerprint density at radius 1 is 1.00 bits per heavy atom. The Morgan fingerprint density at radius 3 is 2.46 bits per heavy atom. The van der Waals surface area contributed by atoms with E-state index in [1.807, 2.05) is 32.0 Å². The monoisotopic (exact) mass is 381 g/mol. The summed E-state index contributed by atoms with van der Waals surface area (Å²) < 4.78 is 16.2. The van der Waals surface area contributed by atoms with Crippen LogP contribution in [-0.2, 0) is 6.42 Å². The normalized spacial score (nSPS) is 10.6. The van der Waals surface area contributed by atoms with Gasteiger partial charge >= 0.3 is 5.63 Å². The lowest BCUT2D eigenvalue weighted by Gasteiger charge is -2.13. The molecule has 3 aromatic rings. The molecule has 0 bridgehead atoms. The van der Waals surface area contributed by atoms with E-state index >= 15 is 0 Å². The Hall–Kier alpha value is -3.28. The van der Waals surface area contributed by atoms with Crippen LogP contribution in [-0.4, -0.2) is 25.7 Å². The minimum atomic E-state index is -0.454. The lowest BCUT2D eigenvalue weighted by atomic mass is 10.1. The Bertz CT molecular complexity index is 1020. The van der Waals surface area contributed by atoms with Gasteiger partial charge in [0.05, 0.1) is 24.2 Å². The summed E-state index contributed by atoms with van der Waals surface area (Å²) in [7, 11) is 0. The molecule has 0 saturated heterocycles. The minimum absolute atomic E-state index is 0.282. The molecule has 0 atom stereocenters. The van der Waals surface area contributed by atoms with Gasteiger partial charge in [-0.2, -0.15) is 0 Å². The number of benzene rings is 2. The molecule has 0 radical (unpaired) electrons. The maximum Gasteiger partial charge on any atom is 0.343 e. The van der Waals surface area contributed by atoms with E-state index in [9.17, 15) is 9.59 Å². The number of rotatable bonds is 8. The van der Waals surface area contributed by atoms with Gasteiger partial charge in [-0.15, -0.1) is 0 Å². The summed E-state index contributed by atoms with van der Waals surface area (Å²) in [6, 6.07) is 12.7. The van der Waals surface area contributed by atoms with Crippen molar-refractivity contribution in [3.63, 3.8) is 0 Å². The van der Waals surface area contributed by atoms with Gasteiger partial charge in [-0.3, -0.25) is 4.79 Å². The number of carbonyl (C=O) groups excluding carboxylic acids is 1. The molecule has 3 rings (SSSR count). The second-order valence-corrected chi connectivity index (χ2v) is 6.14. The first-order chi connectivity index (χ1) is 13.6. The van der Waals surface area contributed by atoms with E-state index in [1.165, 1.54) is 6.26 Å². The second kappa shape index (κ2) is 9.08. The molecule has 6 heteroatoms. The predicted molar refractivity (Wildman–Crippen MR) is 107 cm³/mol. The average Bonchev–Trinajstić information content (AvgIpc) is 2.70. The summed E-state index contributed by atoms with van der Waals surface area (Å²) >= 11 is 0. The number of hydrogen-bond donors (Lipinski definition) is 1. The zero-order valence-electron chi connectivity index (χ0n) is 16.0. The van der Waals surface area contributed by atoms with Crippen molar-refractivity contribution < 1.29 is 18.7 Å². The number of fused-ring (bicyclic) bond motifs is 1. The van der Waals surface area contributed by atoms with Gasteiger partial charge in [0.2, 0.25) is 0 Å². The van der Waals surface area contributed by atoms with Gasteiger partial charge < -0.3 is 19.2 Å². The van der Waals surface area contributed by atoms with Crippen molar-refractivity contribution in [1.29, 1.82) is 0 Å². The SMILES string of the molecule is CCOc1ccc(CCNC(=O)c2coc(=O)c3ccccc23)cc1OCC. The van der Waals surface area contributed by atoms with Crippen molar-refractivity contribution in [3.05, 3.63) is 70.3 Å². The molecule has 0 aliphatic carbocycles. The van der Waals surface area contributed by atoms with Gasteiger partial charge in [-0.05, 0) is 44.0 Å². The fourth-order valence-corrected chi connectivity index (χ4v) is 2.98. The predicted octanol–water partition coefficient (Wildman–Crippen LogP) is 3.56. The maximum absolute atomic E-state index is 12.6. The highest BCUT2D eigenvalue weighted by molar-refractivity contribution is 6.06. The number of hydrogen-bond acceptors (Lipinski definition) is 5. The average molecular weight is 381 g/mol. The third kappa shape index (κ3) is 4.34. The van der Waals surface area contributed by atoms with Gasteiger partial charge in [0, 0.05) is 11.9 Å². The van der Waals surface area contributed by atoms with Crippen LogP contribution in [0.15, 0.2) is 57.9 Å². The molecule has 0 aliphatic heterocycles. The summed E-state index contributed by atoms with van der Waals surface area (Å²) in [5.74, 6) is 1.13. The Kier molecular flexibility index (Phi) is 6.32. The van der Waals surface area contributed by atoms with Crippen molar-refractivity contribution in [1.82, 2.24) is 5.32 Å². The molecule has 0 aliphatic rings. The molecule has 0 saturated carbocycles. The topological polar surface area (TPSA) is 77.8 Å². The van der Waals surface area contributed by atoms with Crippen LogP contribution in [0.3, 0.4) is 0 Å². The molecule has 0 fully saturated rings. The number of ether oxygens (including phenoxy) is 2. The van der Waals surface area contributed by atoms with E-state index in [-0.39, 0.29) is 5.91 Å². The molecule has 146 valence electrons. The van der Waals surface area contributed by atoms with Crippen molar-refractivity contribution in [3.8, 4) is 11.5 Å². The second-order valence-electron chi connectivity index (χ2n) is 6.14. The number of carbonyl (C=O) groups is 1. The fourth-order valence-electron chi connectivity index (χ4n) is 2.98. The third-order valence-electron chi connectivity index (χ3n) is 4.27. The highest BCUT2D eigenvalue weighted by atomic mass is 16.5. The minimum Gasteiger partial charge on any atom is -0.490 e. The molecule has 1 N–H and O–H groups in total. The standard InChI is InChI=1S/C22H23NO5/c1-3-26-19-10-9-15(13-20(19)27-4-2)11-12-23-21(24)18-14-28-22(25)17-8-6-5-7-16(17)18/h5-10,13-14H,3-4,11-12H2,1-2H3,(H,23,24). The van der Waals surface area contributed by atoms with E-state index in [2.05, 4.69) is 5.32 Å². The van der Waals surface area contributed by atoms with Crippen LogP contribution in [0.1, 0.15) is 29.8 Å². The summed E-state index contributed by atoms with van der Waals surface area (Å²) in [5.41, 5.74) is 0.915. The number of nitrogens with one attached hydrogen (secondary N) is 1. The first-order valence-corrected chi connectivity index (χ1v) is 9.31. The lowest BCUT2D eigenvalue weighted by Crippen LogP contribution is -2.26. The molecule has 1 aromatic heterocycles. The molecule has 28 heavy (non-hydrogen) atoms. The quantitative estimate of drug-likeness (QED) is 0.645. The summed E-state index contributed by atoms with van der Waals surface area (Å²) in [6.07, 6.45) is 1.84. The van der Waals surface area contributed by atoms with Gasteiger partial charge in [-0.1, -0.05) is 24.3 Å². The maximum atomic E-state index is 12.6. The van der Waals surface area contributed by atoms with Crippen molar-refractivity contribution in [2.45, 2.75) is 20.3 Å². The number of amides is 1. The van der Waals surface area contributed by atoms with E-state index < -0.39 is 5.63 Å². The van der Waals surface area contributed by atoms with E-state index in [1.54, 1.807) is 24.3 Å². The van der Waals surface area contributed by atoms with Gasteiger partial charge in [0.15, 0.2) is 11.5 Å².